The number of hydrogen-bond acceptors (Lipinski definition) is 2. The lowest BCUT2D eigenvalue weighted by Gasteiger charge is -2.20. The number of para-hydroxylation sites is 1. The Hall–Kier alpha value is -2.75. The minimum atomic E-state index is 0.0948. The fraction of sp³-hybridized carbons (Fsp3) is 0.348. The number of carbonyl (C=O) groups is 1. The van der Waals surface area contributed by atoms with Gasteiger partial charge in [-0.05, 0) is 42.2 Å². The summed E-state index contributed by atoms with van der Waals surface area (Å²) in [4.78, 5) is 15.9. The molecule has 3 aromatic rings. The molecule has 1 aromatic heterocycles. The minimum absolute atomic E-state index is 0.0948. The molecule has 27 heavy (non-hydrogen) atoms. The molecule has 1 saturated carbocycles. The highest BCUT2D eigenvalue weighted by molar-refractivity contribution is 5.84. The lowest BCUT2D eigenvalue weighted by atomic mass is 9.90. The molecule has 1 atom stereocenters. The van der Waals surface area contributed by atoms with Gasteiger partial charge in [-0.15, -0.1) is 0 Å². The standard InChI is InChI=1S/C23H26N2O2/c1-27-18-12-10-16(11-13-18)20(14-25-23(26)17-6-2-3-7-17)21-15-24-22-9-5-4-8-19(21)22/h4-5,8-13,15,17,20,24H,2-3,6-7,14H2,1H3,(H,25,26)/t20-/m1/s1. The van der Waals surface area contributed by atoms with Crippen molar-refractivity contribution in [2.75, 3.05) is 13.7 Å². The van der Waals surface area contributed by atoms with Crippen LogP contribution in [0.15, 0.2) is 54.7 Å². The minimum Gasteiger partial charge on any atom is -0.497 e. The van der Waals surface area contributed by atoms with Crippen LogP contribution in [-0.2, 0) is 4.79 Å². The van der Waals surface area contributed by atoms with Gasteiger partial charge in [0.15, 0.2) is 0 Å². The number of amides is 1. The number of aromatic amines is 1. The lowest BCUT2D eigenvalue weighted by molar-refractivity contribution is -0.124. The molecule has 1 amide bonds. The third kappa shape index (κ3) is 3.70. The van der Waals surface area contributed by atoms with Crippen LogP contribution in [0, 0.1) is 5.92 Å². The quantitative estimate of drug-likeness (QED) is 0.672. The summed E-state index contributed by atoms with van der Waals surface area (Å²) in [5.74, 6) is 1.32. The number of rotatable bonds is 6. The van der Waals surface area contributed by atoms with Crippen molar-refractivity contribution >= 4 is 16.8 Å². The summed E-state index contributed by atoms with van der Waals surface area (Å²) in [5.41, 5.74) is 3.50. The van der Waals surface area contributed by atoms with Gasteiger partial charge in [-0.1, -0.05) is 43.2 Å². The summed E-state index contributed by atoms with van der Waals surface area (Å²) < 4.78 is 5.30. The molecule has 0 unspecified atom stereocenters. The van der Waals surface area contributed by atoms with Crippen molar-refractivity contribution in [2.45, 2.75) is 31.6 Å². The van der Waals surface area contributed by atoms with E-state index in [-0.39, 0.29) is 17.7 Å². The van der Waals surface area contributed by atoms with Crippen molar-refractivity contribution in [2.24, 2.45) is 5.92 Å². The van der Waals surface area contributed by atoms with Gasteiger partial charge < -0.3 is 15.0 Å². The van der Waals surface area contributed by atoms with E-state index in [1.165, 1.54) is 29.4 Å². The third-order valence-electron chi connectivity index (χ3n) is 5.72. The lowest BCUT2D eigenvalue weighted by Crippen LogP contribution is -2.33. The topological polar surface area (TPSA) is 54.1 Å². The fourth-order valence-corrected chi connectivity index (χ4v) is 4.16. The molecule has 1 aliphatic carbocycles. The van der Waals surface area contributed by atoms with E-state index >= 15 is 0 Å². The second-order valence-corrected chi connectivity index (χ2v) is 7.34. The molecule has 0 radical (unpaired) electrons. The Labute approximate surface area is 159 Å². The van der Waals surface area contributed by atoms with Crippen molar-refractivity contribution in [1.82, 2.24) is 10.3 Å². The first-order chi connectivity index (χ1) is 13.3. The van der Waals surface area contributed by atoms with Crippen LogP contribution in [0.5, 0.6) is 5.75 Å². The van der Waals surface area contributed by atoms with Gasteiger partial charge in [-0.3, -0.25) is 4.79 Å². The van der Waals surface area contributed by atoms with E-state index < -0.39 is 0 Å². The maximum atomic E-state index is 12.6. The number of H-pyrrole nitrogens is 1. The molecule has 1 heterocycles. The third-order valence-corrected chi connectivity index (χ3v) is 5.72. The normalized spacial score (nSPS) is 15.7. The zero-order chi connectivity index (χ0) is 18.6. The van der Waals surface area contributed by atoms with Gasteiger partial charge in [0, 0.05) is 35.5 Å². The number of carbonyl (C=O) groups excluding carboxylic acids is 1. The van der Waals surface area contributed by atoms with E-state index in [4.69, 9.17) is 4.74 Å². The first-order valence-electron chi connectivity index (χ1n) is 9.74. The Kier molecular flexibility index (Phi) is 5.14. The zero-order valence-corrected chi connectivity index (χ0v) is 15.7. The Morgan fingerprint density at radius 1 is 1.15 bits per heavy atom. The highest BCUT2D eigenvalue weighted by Crippen LogP contribution is 2.32. The van der Waals surface area contributed by atoms with Gasteiger partial charge in [0.2, 0.25) is 5.91 Å². The maximum Gasteiger partial charge on any atom is 0.223 e. The summed E-state index contributed by atoms with van der Waals surface area (Å²) in [5, 5.41) is 4.42. The van der Waals surface area contributed by atoms with Crippen LogP contribution in [-0.4, -0.2) is 24.5 Å². The summed E-state index contributed by atoms with van der Waals surface area (Å²) in [7, 11) is 1.67. The van der Waals surface area contributed by atoms with Gasteiger partial charge in [0.1, 0.15) is 5.75 Å². The average Bonchev–Trinajstić information content (AvgIpc) is 3.39. The Bertz CT molecular complexity index is 908. The number of hydrogen-bond donors (Lipinski definition) is 2. The van der Waals surface area contributed by atoms with E-state index in [0.717, 1.165) is 24.1 Å². The maximum absolute atomic E-state index is 12.6. The van der Waals surface area contributed by atoms with Crippen molar-refractivity contribution in [3.05, 3.63) is 65.9 Å². The Morgan fingerprint density at radius 3 is 2.63 bits per heavy atom. The van der Waals surface area contributed by atoms with Crippen LogP contribution in [0.2, 0.25) is 0 Å². The summed E-state index contributed by atoms with van der Waals surface area (Å²) in [6, 6.07) is 16.5. The number of benzene rings is 2. The van der Waals surface area contributed by atoms with E-state index in [0.29, 0.717) is 6.54 Å². The molecular weight excluding hydrogens is 336 g/mol. The van der Waals surface area contributed by atoms with Crippen LogP contribution < -0.4 is 10.1 Å². The second kappa shape index (κ2) is 7.87. The van der Waals surface area contributed by atoms with E-state index in [1.54, 1.807) is 7.11 Å². The average molecular weight is 362 g/mol. The van der Waals surface area contributed by atoms with Gasteiger partial charge in [0.25, 0.3) is 0 Å². The summed E-state index contributed by atoms with van der Waals surface area (Å²) in [6.45, 7) is 0.601. The highest BCUT2D eigenvalue weighted by Gasteiger charge is 2.24. The van der Waals surface area contributed by atoms with Crippen LogP contribution >= 0.6 is 0 Å². The number of methoxy groups -OCH3 is 1. The molecular formula is C23H26N2O2. The number of ether oxygens (including phenoxy) is 1. The van der Waals surface area contributed by atoms with Crippen LogP contribution in [0.3, 0.4) is 0 Å². The summed E-state index contributed by atoms with van der Waals surface area (Å²) >= 11 is 0. The molecule has 4 nitrogen and oxygen atoms in total. The first kappa shape index (κ1) is 17.7. The van der Waals surface area contributed by atoms with Crippen molar-refractivity contribution < 1.29 is 9.53 Å². The molecule has 4 rings (SSSR count). The van der Waals surface area contributed by atoms with Gasteiger partial charge in [-0.2, -0.15) is 0 Å². The van der Waals surface area contributed by atoms with E-state index in [1.807, 2.05) is 18.2 Å². The highest BCUT2D eigenvalue weighted by atomic mass is 16.5. The predicted molar refractivity (Wildman–Crippen MR) is 108 cm³/mol. The van der Waals surface area contributed by atoms with Crippen LogP contribution in [0.25, 0.3) is 10.9 Å². The van der Waals surface area contributed by atoms with Crippen LogP contribution in [0.4, 0.5) is 0 Å². The van der Waals surface area contributed by atoms with Crippen molar-refractivity contribution in [3.63, 3.8) is 0 Å². The number of nitrogens with one attached hydrogen (secondary N) is 2. The van der Waals surface area contributed by atoms with Crippen molar-refractivity contribution in [3.8, 4) is 5.75 Å². The van der Waals surface area contributed by atoms with Crippen molar-refractivity contribution in [1.29, 1.82) is 0 Å². The molecule has 0 saturated heterocycles. The zero-order valence-electron chi connectivity index (χ0n) is 15.7. The Balaban J connectivity index is 1.63. The molecule has 2 N–H and O–H groups in total. The molecule has 140 valence electrons. The molecule has 1 aliphatic rings. The SMILES string of the molecule is COc1ccc([C@@H](CNC(=O)C2CCCC2)c2c[nH]c3ccccc23)cc1. The first-order valence-corrected chi connectivity index (χ1v) is 9.74. The molecule has 0 aliphatic heterocycles. The Morgan fingerprint density at radius 2 is 1.89 bits per heavy atom. The van der Waals surface area contributed by atoms with Gasteiger partial charge in [-0.25, -0.2) is 0 Å². The largest absolute Gasteiger partial charge is 0.497 e. The molecule has 0 bridgehead atoms. The van der Waals surface area contributed by atoms with Gasteiger partial charge in [0.05, 0.1) is 7.11 Å². The monoisotopic (exact) mass is 362 g/mol. The van der Waals surface area contributed by atoms with E-state index in [9.17, 15) is 4.79 Å². The molecule has 1 fully saturated rings. The molecule has 2 aromatic carbocycles. The van der Waals surface area contributed by atoms with Crippen LogP contribution in [0.1, 0.15) is 42.7 Å². The second-order valence-electron chi connectivity index (χ2n) is 7.34. The van der Waals surface area contributed by atoms with E-state index in [2.05, 4.69) is 46.8 Å². The molecule has 0 spiro atoms. The van der Waals surface area contributed by atoms with Gasteiger partial charge >= 0.3 is 0 Å². The number of aromatic nitrogens is 1. The fourth-order valence-electron chi connectivity index (χ4n) is 4.16. The smallest absolute Gasteiger partial charge is 0.223 e. The number of fused-ring (bicyclic) bond motifs is 1. The predicted octanol–water partition coefficient (Wildman–Crippen LogP) is 4.61. The summed E-state index contributed by atoms with van der Waals surface area (Å²) in [6.07, 6.45) is 6.45. The molecule has 4 heteroatoms.